The molecule has 0 heterocycles. The van der Waals surface area contributed by atoms with Gasteiger partial charge in [0.25, 0.3) is 0 Å². The van der Waals surface area contributed by atoms with Gasteiger partial charge in [-0.1, -0.05) is 20.3 Å². The van der Waals surface area contributed by atoms with Gasteiger partial charge in [-0.25, -0.2) is 0 Å². The molecular formula is C14H29NO. The van der Waals surface area contributed by atoms with E-state index in [1.807, 2.05) is 0 Å². The molecule has 3 unspecified atom stereocenters. The zero-order valence-electron chi connectivity index (χ0n) is 11.4. The summed E-state index contributed by atoms with van der Waals surface area (Å²) in [4.78, 5) is 2.48. The molecule has 0 aromatic rings. The Balaban J connectivity index is 2.49. The molecule has 1 N–H and O–H groups in total. The first-order chi connectivity index (χ1) is 7.58. The summed E-state index contributed by atoms with van der Waals surface area (Å²) in [5, 5.41) is 10.1. The van der Waals surface area contributed by atoms with E-state index >= 15 is 0 Å². The summed E-state index contributed by atoms with van der Waals surface area (Å²) in [6, 6.07) is 0.596. The lowest BCUT2D eigenvalue weighted by molar-refractivity contribution is 0.0222. The van der Waals surface area contributed by atoms with E-state index in [0.29, 0.717) is 12.0 Å². The van der Waals surface area contributed by atoms with Crippen molar-refractivity contribution in [2.45, 2.75) is 65.5 Å². The van der Waals surface area contributed by atoms with Crippen LogP contribution < -0.4 is 0 Å². The maximum absolute atomic E-state index is 10.1. The lowest BCUT2D eigenvalue weighted by Gasteiger charge is -2.37. The van der Waals surface area contributed by atoms with Crippen LogP contribution in [0.1, 0.15) is 53.4 Å². The molecule has 0 spiro atoms. The molecule has 0 bridgehead atoms. The molecule has 0 amide bonds. The fourth-order valence-corrected chi connectivity index (χ4v) is 2.92. The topological polar surface area (TPSA) is 23.5 Å². The molecule has 0 radical (unpaired) electrons. The van der Waals surface area contributed by atoms with Crippen LogP contribution in [0.5, 0.6) is 0 Å². The quantitative estimate of drug-likeness (QED) is 0.780. The van der Waals surface area contributed by atoms with Crippen LogP contribution in [0.3, 0.4) is 0 Å². The van der Waals surface area contributed by atoms with E-state index in [1.165, 1.54) is 19.3 Å². The normalized spacial score (nSPS) is 31.3. The highest BCUT2D eigenvalue weighted by Crippen LogP contribution is 2.32. The Hall–Kier alpha value is -0.0800. The van der Waals surface area contributed by atoms with Crippen LogP contribution in [-0.2, 0) is 0 Å². The predicted molar refractivity (Wildman–Crippen MR) is 69.5 cm³/mol. The van der Waals surface area contributed by atoms with Gasteiger partial charge in [-0.2, -0.15) is 0 Å². The van der Waals surface area contributed by atoms with Crippen molar-refractivity contribution in [3.63, 3.8) is 0 Å². The molecule has 1 saturated carbocycles. The van der Waals surface area contributed by atoms with Gasteiger partial charge in [0.1, 0.15) is 0 Å². The number of nitrogens with zero attached hydrogens (tertiary/aromatic N) is 1. The maximum Gasteiger partial charge on any atom is 0.0580 e. The van der Waals surface area contributed by atoms with Crippen LogP contribution in [0.2, 0.25) is 0 Å². The second-order valence-corrected chi connectivity index (χ2v) is 5.60. The van der Waals surface area contributed by atoms with Crippen LogP contribution >= 0.6 is 0 Å². The third-order valence-electron chi connectivity index (χ3n) is 4.23. The summed E-state index contributed by atoms with van der Waals surface area (Å²) >= 11 is 0. The van der Waals surface area contributed by atoms with Gasteiger partial charge in [-0.05, 0) is 51.5 Å². The van der Waals surface area contributed by atoms with Gasteiger partial charge in [-0.15, -0.1) is 0 Å². The Morgan fingerprint density at radius 3 is 2.44 bits per heavy atom. The first-order valence-electron chi connectivity index (χ1n) is 7.00. The van der Waals surface area contributed by atoms with Gasteiger partial charge in [-0.3, -0.25) is 0 Å². The molecule has 16 heavy (non-hydrogen) atoms. The summed E-state index contributed by atoms with van der Waals surface area (Å²) < 4.78 is 0. The fourth-order valence-electron chi connectivity index (χ4n) is 2.92. The molecule has 2 heteroatoms. The number of hydrogen-bond acceptors (Lipinski definition) is 2. The summed E-state index contributed by atoms with van der Waals surface area (Å²) in [6.07, 6.45) is 4.68. The largest absolute Gasteiger partial charge is 0.393 e. The van der Waals surface area contributed by atoms with E-state index < -0.39 is 0 Å². The highest BCUT2D eigenvalue weighted by Gasteiger charge is 2.29. The third kappa shape index (κ3) is 3.74. The summed E-state index contributed by atoms with van der Waals surface area (Å²) in [5.41, 5.74) is 0. The van der Waals surface area contributed by atoms with E-state index in [1.54, 1.807) is 0 Å². The van der Waals surface area contributed by atoms with Crippen molar-refractivity contribution in [1.82, 2.24) is 4.90 Å². The molecule has 1 aliphatic carbocycles. The third-order valence-corrected chi connectivity index (χ3v) is 4.23. The number of aliphatic hydroxyl groups excluding tert-OH is 1. The standard InChI is InChI=1S/C14H29NO/c1-5-12-7-8-14(16)13(9-12)10-15(6-2)11(3)4/h11-14,16H,5-10H2,1-4H3. The van der Waals surface area contributed by atoms with E-state index in [-0.39, 0.29) is 6.10 Å². The second kappa shape index (κ2) is 6.61. The average molecular weight is 227 g/mol. The van der Waals surface area contributed by atoms with Crippen molar-refractivity contribution in [2.75, 3.05) is 13.1 Å². The van der Waals surface area contributed by atoms with Crippen molar-refractivity contribution in [3.8, 4) is 0 Å². The zero-order valence-corrected chi connectivity index (χ0v) is 11.4. The van der Waals surface area contributed by atoms with Gasteiger partial charge >= 0.3 is 0 Å². The Labute approximate surface area is 101 Å². The van der Waals surface area contributed by atoms with Crippen LogP contribution in [0.15, 0.2) is 0 Å². The monoisotopic (exact) mass is 227 g/mol. The molecule has 1 aliphatic rings. The Morgan fingerprint density at radius 2 is 1.94 bits per heavy atom. The lowest BCUT2D eigenvalue weighted by atomic mass is 9.78. The van der Waals surface area contributed by atoms with Crippen molar-refractivity contribution >= 4 is 0 Å². The molecule has 96 valence electrons. The van der Waals surface area contributed by atoms with Gasteiger partial charge < -0.3 is 10.0 Å². The van der Waals surface area contributed by atoms with E-state index in [9.17, 15) is 5.11 Å². The first-order valence-corrected chi connectivity index (χ1v) is 7.00. The van der Waals surface area contributed by atoms with Crippen LogP contribution in [0, 0.1) is 11.8 Å². The van der Waals surface area contributed by atoms with Crippen molar-refractivity contribution in [1.29, 1.82) is 0 Å². The molecule has 2 nitrogen and oxygen atoms in total. The first kappa shape index (κ1) is 14.0. The molecule has 0 saturated heterocycles. The fraction of sp³-hybridized carbons (Fsp3) is 1.00. The number of aliphatic hydroxyl groups is 1. The smallest absolute Gasteiger partial charge is 0.0580 e. The molecule has 1 rings (SSSR count). The van der Waals surface area contributed by atoms with E-state index in [4.69, 9.17) is 0 Å². The second-order valence-electron chi connectivity index (χ2n) is 5.60. The molecule has 3 atom stereocenters. The molecular weight excluding hydrogens is 198 g/mol. The molecule has 0 aromatic carbocycles. The minimum Gasteiger partial charge on any atom is -0.393 e. The number of hydrogen-bond donors (Lipinski definition) is 1. The molecule has 0 aliphatic heterocycles. The Bertz CT molecular complexity index is 193. The Kier molecular flexibility index (Phi) is 5.77. The zero-order chi connectivity index (χ0) is 12.1. The van der Waals surface area contributed by atoms with Crippen molar-refractivity contribution < 1.29 is 5.11 Å². The van der Waals surface area contributed by atoms with Crippen molar-refractivity contribution in [3.05, 3.63) is 0 Å². The minimum atomic E-state index is -0.0596. The maximum atomic E-state index is 10.1. The van der Waals surface area contributed by atoms with Crippen LogP contribution in [0.4, 0.5) is 0 Å². The predicted octanol–water partition coefficient (Wildman–Crippen LogP) is 2.90. The van der Waals surface area contributed by atoms with Gasteiger partial charge in [0.05, 0.1) is 6.10 Å². The summed E-state index contributed by atoms with van der Waals surface area (Å²) in [7, 11) is 0. The van der Waals surface area contributed by atoms with Gasteiger partial charge in [0.15, 0.2) is 0 Å². The average Bonchev–Trinajstić information content (AvgIpc) is 2.27. The van der Waals surface area contributed by atoms with Gasteiger partial charge in [0, 0.05) is 12.6 Å². The summed E-state index contributed by atoms with van der Waals surface area (Å²) in [5.74, 6) is 1.35. The van der Waals surface area contributed by atoms with Gasteiger partial charge in [0.2, 0.25) is 0 Å². The minimum absolute atomic E-state index is 0.0596. The van der Waals surface area contributed by atoms with Crippen LogP contribution in [-0.4, -0.2) is 35.2 Å². The lowest BCUT2D eigenvalue weighted by Crippen LogP contribution is -2.41. The summed E-state index contributed by atoms with van der Waals surface area (Å²) in [6.45, 7) is 11.2. The molecule has 1 fully saturated rings. The van der Waals surface area contributed by atoms with E-state index in [2.05, 4.69) is 32.6 Å². The molecule has 0 aromatic heterocycles. The highest BCUT2D eigenvalue weighted by molar-refractivity contribution is 4.82. The van der Waals surface area contributed by atoms with Crippen molar-refractivity contribution in [2.24, 2.45) is 11.8 Å². The SMILES string of the molecule is CCC1CCC(O)C(CN(CC)C(C)C)C1. The Morgan fingerprint density at radius 1 is 1.25 bits per heavy atom. The van der Waals surface area contributed by atoms with E-state index in [0.717, 1.165) is 25.4 Å². The van der Waals surface area contributed by atoms with Crippen LogP contribution in [0.25, 0.3) is 0 Å². The number of rotatable bonds is 5. The highest BCUT2D eigenvalue weighted by atomic mass is 16.3.